The van der Waals surface area contributed by atoms with Crippen molar-refractivity contribution in [3.05, 3.63) is 51.6 Å². The number of alkyl halides is 3. The van der Waals surface area contributed by atoms with Gasteiger partial charge in [0.25, 0.3) is 0 Å². The lowest BCUT2D eigenvalue weighted by atomic mass is 9.98. The van der Waals surface area contributed by atoms with Crippen LogP contribution in [0.15, 0.2) is 30.5 Å². The van der Waals surface area contributed by atoms with Gasteiger partial charge in [-0.3, -0.25) is 9.78 Å². The molecular formula is C14H8Cl2F3NO2. The van der Waals surface area contributed by atoms with Gasteiger partial charge in [-0.25, -0.2) is 0 Å². The molecule has 2 rings (SSSR count). The third-order valence-corrected chi connectivity index (χ3v) is 3.52. The van der Waals surface area contributed by atoms with Gasteiger partial charge in [-0.1, -0.05) is 29.3 Å². The van der Waals surface area contributed by atoms with Crippen LogP contribution in [0, 0.1) is 0 Å². The van der Waals surface area contributed by atoms with Gasteiger partial charge in [-0.05, 0) is 18.2 Å². The van der Waals surface area contributed by atoms with Crippen LogP contribution in [0.5, 0.6) is 0 Å². The predicted molar refractivity (Wildman–Crippen MR) is 76.0 cm³/mol. The van der Waals surface area contributed by atoms with Crippen molar-refractivity contribution in [1.82, 2.24) is 4.98 Å². The Morgan fingerprint density at radius 2 is 1.77 bits per heavy atom. The Labute approximate surface area is 133 Å². The first kappa shape index (κ1) is 16.6. The minimum atomic E-state index is -4.71. The van der Waals surface area contributed by atoms with E-state index in [4.69, 9.17) is 28.3 Å². The molecule has 1 aromatic heterocycles. The molecule has 0 fully saturated rings. The topological polar surface area (TPSA) is 50.2 Å². The smallest absolute Gasteiger partial charge is 0.416 e. The molecule has 0 aliphatic carbocycles. The van der Waals surface area contributed by atoms with Crippen molar-refractivity contribution in [2.75, 3.05) is 0 Å². The minimum absolute atomic E-state index is 0.0770. The Balaban J connectivity index is 2.79. The predicted octanol–water partition coefficient (Wildman–Crippen LogP) is 4.70. The molecule has 0 radical (unpaired) electrons. The molecule has 0 amide bonds. The van der Waals surface area contributed by atoms with Crippen molar-refractivity contribution >= 4 is 29.2 Å². The Kier molecular flexibility index (Phi) is 4.63. The Hall–Kier alpha value is -1.79. The van der Waals surface area contributed by atoms with Crippen LogP contribution in [-0.2, 0) is 17.4 Å². The van der Waals surface area contributed by atoms with Gasteiger partial charge in [0, 0.05) is 17.3 Å². The third kappa shape index (κ3) is 3.34. The largest absolute Gasteiger partial charge is 0.481 e. The third-order valence-electron chi connectivity index (χ3n) is 2.89. The number of carboxylic acids is 1. The number of carboxylic acid groups (broad SMARTS) is 1. The van der Waals surface area contributed by atoms with E-state index in [-0.39, 0.29) is 21.3 Å². The van der Waals surface area contributed by atoms with Crippen LogP contribution in [0.1, 0.15) is 11.1 Å². The van der Waals surface area contributed by atoms with E-state index in [1.165, 1.54) is 18.2 Å². The molecule has 0 unspecified atom stereocenters. The van der Waals surface area contributed by atoms with Gasteiger partial charge in [0.15, 0.2) is 0 Å². The number of halogens is 5. The minimum Gasteiger partial charge on any atom is -0.481 e. The molecule has 3 nitrogen and oxygen atoms in total. The van der Waals surface area contributed by atoms with Gasteiger partial charge in [-0.2, -0.15) is 13.2 Å². The normalized spacial score (nSPS) is 11.5. The van der Waals surface area contributed by atoms with Gasteiger partial charge in [0.1, 0.15) is 0 Å². The summed E-state index contributed by atoms with van der Waals surface area (Å²) < 4.78 is 39.3. The number of aromatic nitrogens is 1. The summed E-state index contributed by atoms with van der Waals surface area (Å²) in [5.74, 6) is -1.41. The van der Waals surface area contributed by atoms with Gasteiger partial charge in [0.05, 0.1) is 27.7 Å². The molecule has 1 aromatic carbocycles. The molecule has 1 N–H and O–H groups in total. The molecule has 0 saturated heterocycles. The molecule has 0 spiro atoms. The SMILES string of the molecule is O=C(O)Cc1c(C(F)(F)F)ccnc1-c1c(Cl)cccc1Cl. The van der Waals surface area contributed by atoms with E-state index >= 15 is 0 Å². The summed E-state index contributed by atoms with van der Waals surface area (Å²) in [6.45, 7) is 0. The summed E-state index contributed by atoms with van der Waals surface area (Å²) in [5.41, 5.74) is -1.66. The number of aliphatic carboxylic acids is 1. The zero-order valence-corrected chi connectivity index (χ0v) is 12.3. The monoisotopic (exact) mass is 349 g/mol. The van der Waals surface area contributed by atoms with Gasteiger partial charge in [-0.15, -0.1) is 0 Å². The van der Waals surface area contributed by atoms with Gasteiger partial charge in [0.2, 0.25) is 0 Å². The number of nitrogens with zero attached hydrogens (tertiary/aromatic N) is 1. The van der Waals surface area contributed by atoms with E-state index in [1.54, 1.807) is 0 Å². The van der Waals surface area contributed by atoms with Crippen LogP contribution in [-0.4, -0.2) is 16.1 Å². The first-order valence-corrected chi connectivity index (χ1v) is 6.68. The second kappa shape index (κ2) is 6.14. The Bertz CT molecular complexity index is 712. The Morgan fingerprint density at radius 3 is 2.27 bits per heavy atom. The van der Waals surface area contributed by atoms with Crippen LogP contribution in [0.2, 0.25) is 10.0 Å². The van der Waals surface area contributed by atoms with Crippen molar-refractivity contribution in [1.29, 1.82) is 0 Å². The second-order valence-corrected chi connectivity index (χ2v) is 5.17. The standard InChI is InChI=1S/C14H8Cl2F3NO2/c15-9-2-1-3-10(16)12(9)13-7(6-11(21)22)8(4-5-20-13)14(17,18)19/h1-5H,6H2,(H,21,22). The lowest BCUT2D eigenvalue weighted by Crippen LogP contribution is -2.14. The van der Waals surface area contributed by atoms with Crippen molar-refractivity contribution in [3.63, 3.8) is 0 Å². The molecule has 0 saturated carbocycles. The van der Waals surface area contributed by atoms with Crippen LogP contribution < -0.4 is 0 Å². The summed E-state index contributed by atoms with van der Waals surface area (Å²) in [7, 11) is 0. The van der Waals surface area contributed by atoms with E-state index in [0.29, 0.717) is 0 Å². The molecule has 0 atom stereocenters. The number of carbonyl (C=O) groups is 1. The highest BCUT2D eigenvalue weighted by Gasteiger charge is 2.35. The molecule has 0 bridgehead atoms. The number of pyridine rings is 1. The molecule has 22 heavy (non-hydrogen) atoms. The van der Waals surface area contributed by atoms with Crippen molar-refractivity contribution in [2.45, 2.75) is 12.6 Å². The molecule has 0 aliphatic heterocycles. The molecule has 0 aliphatic rings. The highest BCUT2D eigenvalue weighted by atomic mass is 35.5. The zero-order valence-electron chi connectivity index (χ0n) is 10.8. The van der Waals surface area contributed by atoms with Gasteiger partial charge < -0.3 is 5.11 Å². The fourth-order valence-corrected chi connectivity index (χ4v) is 2.60. The highest BCUT2D eigenvalue weighted by molar-refractivity contribution is 6.39. The summed E-state index contributed by atoms with van der Waals surface area (Å²) in [6.07, 6.45) is -4.61. The molecule has 2 aromatic rings. The van der Waals surface area contributed by atoms with E-state index in [0.717, 1.165) is 12.3 Å². The first-order valence-electron chi connectivity index (χ1n) is 5.93. The number of hydrogen-bond acceptors (Lipinski definition) is 2. The van der Waals surface area contributed by atoms with Crippen LogP contribution in [0.3, 0.4) is 0 Å². The fourth-order valence-electron chi connectivity index (χ4n) is 2.03. The van der Waals surface area contributed by atoms with E-state index in [2.05, 4.69) is 4.98 Å². The maximum atomic E-state index is 13.1. The summed E-state index contributed by atoms with van der Waals surface area (Å²) in [5, 5.41) is 9.08. The quantitative estimate of drug-likeness (QED) is 0.873. The molecule has 116 valence electrons. The molecule has 8 heteroatoms. The van der Waals surface area contributed by atoms with Gasteiger partial charge >= 0.3 is 12.1 Å². The van der Waals surface area contributed by atoms with Crippen molar-refractivity contribution in [3.8, 4) is 11.3 Å². The maximum absolute atomic E-state index is 13.1. The van der Waals surface area contributed by atoms with Crippen LogP contribution in [0.25, 0.3) is 11.3 Å². The fraction of sp³-hybridized carbons (Fsp3) is 0.143. The number of rotatable bonds is 3. The average Bonchev–Trinajstić information content (AvgIpc) is 2.38. The zero-order chi connectivity index (χ0) is 16.5. The first-order chi connectivity index (χ1) is 10.2. The Morgan fingerprint density at radius 1 is 1.18 bits per heavy atom. The maximum Gasteiger partial charge on any atom is 0.416 e. The van der Waals surface area contributed by atoms with E-state index in [9.17, 15) is 18.0 Å². The molecule has 1 heterocycles. The van der Waals surface area contributed by atoms with Crippen LogP contribution in [0.4, 0.5) is 13.2 Å². The number of benzene rings is 1. The highest BCUT2D eigenvalue weighted by Crippen LogP contribution is 2.40. The average molecular weight is 350 g/mol. The van der Waals surface area contributed by atoms with Crippen molar-refractivity contribution < 1.29 is 23.1 Å². The second-order valence-electron chi connectivity index (χ2n) is 4.35. The summed E-state index contributed by atoms with van der Waals surface area (Å²) >= 11 is 12.0. The van der Waals surface area contributed by atoms with E-state index in [1.807, 2.05) is 0 Å². The lowest BCUT2D eigenvalue weighted by Gasteiger charge is -2.16. The summed E-state index contributed by atoms with van der Waals surface area (Å²) in [6, 6.07) is 5.13. The lowest BCUT2D eigenvalue weighted by molar-refractivity contribution is -0.139. The molecular weight excluding hydrogens is 342 g/mol. The number of hydrogen-bond donors (Lipinski definition) is 1. The van der Waals surface area contributed by atoms with Crippen LogP contribution >= 0.6 is 23.2 Å². The van der Waals surface area contributed by atoms with Crippen molar-refractivity contribution in [2.24, 2.45) is 0 Å². The van der Waals surface area contributed by atoms with E-state index < -0.39 is 29.7 Å². The summed E-state index contributed by atoms with van der Waals surface area (Å²) in [4.78, 5) is 14.8.